The van der Waals surface area contributed by atoms with Crippen LogP contribution in [0.2, 0.25) is 0 Å². The van der Waals surface area contributed by atoms with Crippen molar-refractivity contribution in [1.82, 2.24) is 9.48 Å². The van der Waals surface area contributed by atoms with Gasteiger partial charge in [-0.25, -0.2) is 0 Å². The molecule has 0 aliphatic carbocycles. The van der Waals surface area contributed by atoms with Gasteiger partial charge in [-0.15, -0.1) is 0 Å². The van der Waals surface area contributed by atoms with E-state index in [0.29, 0.717) is 0 Å². The van der Waals surface area contributed by atoms with Crippen molar-refractivity contribution in [3.05, 3.63) is 41.1 Å². The molecule has 1 amide bonds. The molecule has 1 aromatic carbocycles. The molecule has 0 radical (unpaired) electrons. The van der Waals surface area contributed by atoms with Crippen LogP contribution < -0.4 is 33.2 Å². The van der Waals surface area contributed by atoms with E-state index < -0.39 is 0 Å². The maximum absolute atomic E-state index is 11.6. The van der Waals surface area contributed by atoms with Crippen LogP contribution in [0.1, 0.15) is 0 Å². The van der Waals surface area contributed by atoms with Crippen LogP contribution in [0.3, 0.4) is 0 Å². The van der Waals surface area contributed by atoms with Gasteiger partial charge in [-0.1, -0.05) is 28.5 Å². The van der Waals surface area contributed by atoms with Gasteiger partial charge in [-0.05, 0) is 22.1 Å². The fourth-order valence-corrected chi connectivity index (χ4v) is 4.86. The van der Waals surface area contributed by atoms with Gasteiger partial charge in [0, 0.05) is 32.3 Å². The number of thioether (sulfide) groups is 1. The summed E-state index contributed by atoms with van der Waals surface area (Å²) >= 11 is 1.27. The van der Waals surface area contributed by atoms with Crippen molar-refractivity contribution in [2.75, 3.05) is 21.1 Å². The summed E-state index contributed by atoms with van der Waals surface area (Å²) in [7, 11) is 8.89. The van der Waals surface area contributed by atoms with E-state index in [1.54, 1.807) is 39.7 Å². The first-order valence-electron chi connectivity index (χ1n) is 5.69. The maximum Gasteiger partial charge on any atom is 0.286 e. The molecule has 0 bridgehead atoms. The lowest BCUT2D eigenvalue weighted by atomic mass is 10.3. The summed E-state index contributed by atoms with van der Waals surface area (Å²) < 4.78 is 4.30. The van der Waals surface area contributed by atoms with Gasteiger partial charge in [-0.3, -0.25) is 4.79 Å². The zero-order chi connectivity index (χ0) is 13.8. The van der Waals surface area contributed by atoms with Gasteiger partial charge in [0.1, 0.15) is 7.05 Å². The maximum atomic E-state index is 11.6. The van der Waals surface area contributed by atoms with Gasteiger partial charge < -0.3 is 28.9 Å². The Bertz CT molecular complexity index is 634. The predicted octanol–water partition coefficient (Wildman–Crippen LogP) is 0.321. The van der Waals surface area contributed by atoms with Crippen molar-refractivity contribution in [3.8, 4) is 0 Å². The van der Waals surface area contributed by atoms with Crippen LogP contribution in [0.15, 0.2) is 40.6 Å². The average Bonchev–Trinajstić information content (AvgIpc) is 2.87. The van der Waals surface area contributed by atoms with Crippen LogP contribution in [0.5, 0.6) is 0 Å². The number of rotatable bonds is 2. The first kappa shape index (κ1) is 17.7. The molecule has 108 valence electrons. The Morgan fingerprint density at radius 1 is 1.20 bits per heavy atom. The number of benzene rings is 1. The Balaban J connectivity index is 0.00000200. The van der Waals surface area contributed by atoms with Gasteiger partial charge in [0.15, 0.2) is 0 Å². The van der Waals surface area contributed by atoms with E-state index >= 15 is 0 Å². The fraction of sp³-hybridized carbons (Fsp3) is 0.231. The average molecular weight is 438 g/mol. The molecule has 0 aliphatic rings. The van der Waals surface area contributed by atoms with E-state index in [-0.39, 0.29) is 29.2 Å². The lowest BCUT2D eigenvalue weighted by Crippen LogP contribution is -3.00. The third-order valence-corrected chi connectivity index (χ3v) is 6.38. The van der Waals surface area contributed by atoms with Crippen molar-refractivity contribution in [2.45, 2.75) is 4.21 Å². The third kappa shape index (κ3) is 4.57. The lowest BCUT2D eigenvalue weighted by molar-refractivity contribution is -0.00000643. The molecule has 1 aromatic heterocycles. The largest absolute Gasteiger partial charge is 1.00 e. The molecular weight excluding hydrogens is 423 g/mol. The minimum Gasteiger partial charge on any atom is -1.00 e. The van der Waals surface area contributed by atoms with E-state index in [1.807, 2.05) is 25.2 Å². The Labute approximate surface area is 147 Å². The lowest BCUT2D eigenvalue weighted by Gasteiger charge is -2.06. The molecule has 20 heavy (non-hydrogen) atoms. The fourth-order valence-electron chi connectivity index (χ4n) is 1.39. The van der Waals surface area contributed by atoms with E-state index in [1.165, 1.54) is 11.8 Å². The molecule has 0 atom stereocenters. The molecule has 0 unspecified atom stereocenters. The summed E-state index contributed by atoms with van der Waals surface area (Å²) in [6.45, 7) is 0. The first-order chi connectivity index (χ1) is 9.08. The van der Waals surface area contributed by atoms with E-state index in [0.717, 1.165) is 14.6 Å². The Morgan fingerprint density at radius 2 is 1.85 bits per heavy atom. The van der Waals surface area contributed by atoms with E-state index in [4.69, 9.17) is 0 Å². The van der Waals surface area contributed by atoms with Crippen LogP contribution in [-0.2, 0) is 0 Å². The normalized spacial score (nSPS) is 11.6. The number of nitrogens with zero attached hydrogens (tertiary/aromatic N) is 2. The van der Waals surface area contributed by atoms with Crippen LogP contribution in [0.25, 0.3) is 0 Å². The highest BCUT2D eigenvalue weighted by atomic mass is 127. The van der Waals surface area contributed by atoms with Crippen LogP contribution in [0, 0.1) is 0 Å². The second kappa shape index (κ2) is 8.16. The predicted molar refractivity (Wildman–Crippen MR) is 84.4 cm³/mol. The summed E-state index contributed by atoms with van der Waals surface area (Å²) in [5.74, 6) is 0. The molecule has 3 nitrogen and oxygen atoms in total. The molecule has 0 saturated heterocycles. The summed E-state index contributed by atoms with van der Waals surface area (Å²) in [4.78, 5) is 13.2. The number of amides is 1. The smallest absolute Gasteiger partial charge is 0.286 e. The SMILES string of the molecule is CN(C)C(=O)Sc1c/c(=[N+](/C)c2ccccc2)ss1.[I-]. The topological polar surface area (TPSA) is 23.3 Å². The molecule has 2 rings (SSSR count). The number of carbonyl (C=O) groups excluding carboxylic acids is 1. The highest BCUT2D eigenvalue weighted by molar-refractivity contribution is 8.15. The molecule has 0 spiro atoms. The number of halogens is 1. The minimum atomic E-state index is 0. The van der Waals surface area contributed by atoms with Crippen LogP contribution in [-0.4, -0.2) is 31.3 Å². The second-order valence-electron chi connectivity index (χ2n) is 4.13. The second-order valence-corrected chi connectivity index (χ2v) is 7.57. The third-order valence-electron chi connectivity index (χ3n) is 2.48. The molecule has 0 saturated carbocycles. The molecule has 0 aliphatic heterocycles. The molecule has 0 fully saturated rings. The van der Waals surface area contributed by atoms with Gasteiger partial charge in [0.05, 0.1) is 4.21 Å². The van der Waals surface area contributed by atoms with Crippen molar-refractivity contribution in [1.29, 1.82) is 0 Å². The zero-order valence-electron chi connectivity index (χ0n) is 11.4. The summed E-state index contributed by atoms with van der Waals surface area (Å²) in [6, 6.07) is 12.3. The highest BCUT2D eigenvalue weighted by Gasteiger charge is 2.12. The standard InChI is InChI=1S/C13H15N2OS3.HI/c1-14(2)13(16)17-12-9-11(18-19-12)15(3)10-7-5-4-6-8-10;/h4-9H,1-3H3;1H/q+1;/p-1/b15-11+;. The van der Waals surface area contributed by atoms with Crippen molar-refractivity contribution in [2.24, 2.45) is 0 Å². The number of para-hydroxylation sites is 1. The van der Waals surface area contributed by atoms with Crippen molar-refractivity contribution < 1.29 is 28.8 Å². The minimum absolute atomic E-state index is 0. The Kier molecular flexibility index (Phi) is 7.21. The van der Waals surface area contributed by atoms with Gasteiger partial charge in [0.2, 0.25) is 5.69 Å². The summed E-state index contributed by atoms with van der Waals surface area (Å²) in [6.07, 6.45) is 0. The van der Waals surface area contributed by atoms with Gasteiger partial charge in [0.25, 0.3) is 9.91 Å². The molecular formula is C13H15IN2OS3. The Morgan fingerprint density at radius 3 is 2.45 bits per heavy atom. The monoisotopic (exact) mass is 438 g/mol. The highest BCUT2D eigenvalue weighted by Crippen LogP contribution is 2.26. The zero-order valence-corrected chi connectivity index (χ0v) is 16.0. The molecule has 1 heterocycles. The molecule has 7 heteroatoms. The van der Waals surface area contributed by atoms with Crippen molar-refractivity contribution >= 4 is 43.4 Å². The molecule has 2 aromatic rings. The number of hydrogen-bond donors (Lipinski definition) is 0. The van der Waals surface area contributed by atoms with Crippen molar-refractivity contribution in [3.63, 3.8) is 0 Å². The Hall–Kier alpha value is -0.380. The summed E-state index contributed by atoms with van der Waals surface area (Å²) in [5.41, 5.74) is 1.15. The van der Waals surface area contributed by atoms with Crippen LogP contribution >= 0.6 is 32.4 Å². The van der Waals surface area contributed by atoms with Crippen LogP contribution in [0.4, 0.5) is 10.5 Å². The van der Waals surface area contributed by atoms with E-state index in [2.05, 4.69) is 22.8 Å². The van der Waals surface area contributed by atoms with E-state index in [9.17, 15) is 4.79 Å². The molecule has 0 N–H and O–H groups in total. The first-order valence-corrected chi connectivity index (χ1v) is 8.65. The summed E-state index contributed by atoms with van der Waals surface area (Å²) in [5, 5.41) is 0.0583. The van der Waals surface area contributed by atoms with Gasteiger partial charge in [-0.2, -0.15) is 4.58 Å². The quantitative estimate of drug-likeness (QED) is 0.292. The van der Waals surface area contributed by atoms with Gasteiger partial charge >= 0.3 is 0 Å². The number of carbonyl (C=O) groups is 1. The number of hydrogen-bond acceptors (Lipinski definition) is 4.